The Kier molecular flexibility index (Phi) is 3.30. The van der Waals surface area contributed by atoms with Crippen LogP contribution in [0.5, 0.6) is 0 Å². The predicted molar refractivity (Wildman–Crippen MR) is 81.4 cm³/mol. The van der Waals surface area contributed by atoms with Crippen molar-refractivity contribution >= 4 is 31.9 Å². The largest absolute Gasteiger partial charge is 0.316 e. The number of piperidine rings is 1. The average molecular weight is 378 g/mol. The lowest BCUT2D eigenvalue weighted by Crippen LogP contribution is -2.52. The van der Waals surface area contributed by atoms with E-state index in [9.17, 15) is 0 Å². The van der Waals surface area contributed by atoms with Crippen molar-refractivity contribution in [1.82, 2.24) is 10.6 Å². The molecule has 2 saturated carbocycles. The Morgan fingerprint density at radius 1 is 0.944 bits per heavy atom. The van der Waals surface area contributed by atoms with Crippen LogP contribution in [-0.2, 0) is 0 Å². The number of hydrogen-bond donors (Lipinski definition) is 2. The number of fused-ring (bicyclic) bond motifs is 6. The molecule has 2 saturated heterocycles. The van der Waals surface area contributed by atoms with Gasteiger partial charge in [-0.25, -0.2) is 0 Å². The first-order chi connectivity index (χ1) is 8.72. The third kappa shape index (κ3) is 1.94. The highest BCUT2D eigenvalue weighted by atomic mass is 79.9. The summed E-state index contributed by atoms with van der Waals surface area (Å²) < 4.78 is 0. The van der Waals surface area contributed by atoms with Crippen LogP contribution in [0.25, 0.3) is 0 Å². The zero-order chi connectivity index (χ0) is 12.3. The third-order valence-electron chi connectivity index (χ3n) is 5.82. The number of rotatable bonds is 0. The van der Waals surface area contributed by atoms with E-state index < -0.39 is 0 Å². The van der Waals surface area contributed by atoms with Gasteiger partial charge in [-0.05, 0) is 62.4 Å². The lowest BCUT2D eigenvalue weighted by Gasteiger charge is -2.44. The second-order valence-electron chi connectivity index (χ2n) is 6.88. The summed E-state index contributed by atoms with van der Waals surface area (Å²) in [6.45, 7) is 2.51. The van der Waals surface area contributed by atoms with Crippen LogP contribution in [0.15, 0.2) is 0 Å². The molecule has 4 rings (SSSR count). The van der Waals surface area contributed by atoms with Gasteiger partial charge in [0.25, 0.3) is 0 Å². The predicted octanol–water partition coefficient (Wildman–Crippen LogP) is 2.51. The van der Waals surface area contributed by atoms with Gasteiger partial charge in [-0.1, -0.05) is 31.9 Å². The minimum absolute atomic E-state index is 0.702. The molecule has 2 heterocycles. The summed E-state index contributed by atoms with van der Waals surface area (Å²) >= 11 is 7.83. The van der Waals surface area contributed by atoms with Gasteiger partial charge in [-0.3, -0.25) is 0 Å². The first-order valence-corrected chi connectivity index (χ1v) is 9.30. The van der Waals surface area contributed by atoms with Gasteiger partial charge < -0.3 is 10.6 Å². The lowest BCUT2D eigenvalue weighted by molar-refractivity contribution is 0.110. The molecule has 2 bridgehead atoms. The average Bonchev–Trinajstić information content (AvgIpc) is 2.68. The molecule has 2 N–H and O–H groups in total. The number of halogens is 2. The van der Waals surface area contributed by atoms with Gasteiger partial charge in [0.05, 0.1) is 0 Å². The molecule has 4 aliphatic rings. The highest BCUT2D eigenvalue weighted by molar-refractivity contribution is 9.10. The Morgan fingerprint density at radius 3 is 2.72 bits per heavy atom. The van der Waals surface area contributed by atoms with Crippen LogP contribution in [0.2, 0.25) is 0 Å². The highest BCUT2D eigenvalue weighted by Gasteiger charge is 2.53. The van der Waals surface area contributed by atoms with Crippen LogP contribution in [0.3, 0.4) is 0 Å². The molecule has 0 spiro atoms. The summed E-state index contributed by atoms with van der Waals surface area (Å²) in [6, 6.07) is 1.55. The van der Waals surface area contributed by atoms with E-state index in [0.717, 1.165) is 40.6 Å². The van der Waals surface area contributed by atoms with Crippen molar-refractivity contribution in [3.05, 3.63) is 0 Å². The molecule has 4 fully saturated rings. The molecular formula is C14H22Br2N2. The van der Waals surface area contributed by atoms with E-state index in [2.05, 4.69) is 42.5 Å². The lowest BCUT2D eigenvalue weighted by atomic mass is 9.65. The molecule has 18 heavy (non-hydrogen) atoms. The maximum absolute atomic E-state index is 4.01. The minimum atomic E-state index is 0.702. The molecular weight excluding hydrogens is 356 g/mol. The van der Waals surface area contributed by atoms with Crippen LogP contribution in [0, 0.1) is 23.7 Å². The van der Waals surface area contributed by atoms with Crippen molar-refractivity contribution in [1.29, 1.82) is 0 Å². The Labute approximate surface area is 126 Å². The zero-order valence-corrected chi connectivity index (χ0v) is 13.8. The van der Waals surface area contributed by atoms with E-state index in [0.29, 0.717) is 4.83 Å². The smallest absolute Gasteiger partial charge is 0.0202 e. The fourth-order valence-corrected chi connectivity index (χ4v) is 7.75. The van der Waals surface area contributed by atoms with Crippen LogP contribution in [0.1, 0.15) is 25.7 Å². The highest BCUT2D eigenvalue weighted by Crippen LogP contribution is 2.50. The Bertz CT molecular complexity index is 338. The number of nitrogens with one attached hydrogen (secondary N) is 2. The molecule has 2 nitrogen and oxygen atoms in total. The van der Waals surface area contributed by atoms with E-state index in [1.165, 1.54) is 38.8 Å². The molecule has 4 heteroatoms. The van der Waals surface area contributed by atoms with E-state index in [4.69, 9.17) is 0 Å². The fourth-order valence-electron chi connectivity index (χ4n) is 5.23. The molecule has 102 valence electrons. The number of hydrogen-bond acceptors (Lipinski definition) is 2. The monoisotopic (exact) mass is 376 g/mol. The molecule has 2 aliphatic carbocycles. The maximum atomic E-state index is 4.01. The maximum Gasteiger partial charge on any atom is 0.0202 e. The summed E-state index contributed by atoms with van der Waals surface area (Å²) in [6.07, 6.45) is 5.55. The number of alkyl halides is 2. The summed E-state index contributed by atoms with van der Waals surface area (Å²) in [7, 11) is 0. The minimum Gasteiger partial charge on any atom is -0.316 e. The SMILES string of the molecule is BrC1CC(Br)C2C(C1)NC1C2CC2CNC[C@@H]1C2. The Balaban J connectivity index is 1.60. The summed E-state index contributed by atoms with van der Waals surface area (Å²) in [5.41, 5.74) is 0. The van der Waals surface area contributed by atoms with Crippen LogP contribution >= 0.6 is 31.9 Å². The Morgan fingerprint density at radius 2 is 1.83 bits per heavy atom. The normalized spacial score (nSPS) is 59.0. The van der Waals surface area contributed by atoms with Gasteiger partial charge in [-0.2, -0.15) is 0 Å². The standard InChI is InChI=1S/C14H22Br2N2/c15-9-3-11(16)13-10-2-7-1-8(6-17-5-7)14(10)18-12(13)4-9/h7-14,17-18H,1-6H2/t7?,8-,9?,10?,11?,12?,13?,14?/m0/s1. The van der Waals surface area contributed by atoms with Crippen LogP contribution in [0.4, 0.5) is 0 Å². The molecule has 0 radical (unpaired) electrons. The van der Waals surface area contributed by atoms with Gasteiger partial charge >= 0.3 is 0 Å². The van der Waals surface area contributed by atoms with E-state index in [-0.39, 0.29) is 0 Å². The zero-order valence-electron chi connectivity index (χ0n) is 10.6. The van der Waals surface area contributed by atoms with Crippen molar-refractivity contribution in [3.8, 4) is 0 Å². The fraction of sp³-hybridized carbons (Fsp3) is 1.00. The molecule has 0 aromatic heterocycles. The van der Waals surface area contributed by atoms with E-state index >= 15 is 0 Å². The van der Waals surface area contributed by atoms with Crippen molar-refractivity contribution in [3.63, 3.8) is 0 Å². The van der Waals surface area contributed by atoms with Crippen molar-refractivity contribution in [2.45, 2.75) is 47.4 Å². The summed E-state index contributed by atoms with van der Waals surface area (Å²) in [5.74, 6) is 3.66. The molecule has 7 unspecified atom stereocenters. The molecule has 0 aromatic rings. The van der Waals surface area contributed by atoms with Gasteiger partial charge in [0.15, 0.2) is 0 Å². The van der Waals surface area contributed by atoms with Crippen molar-refractivity contribution < 1.29 is 0 Å². The summed E-state index contributed by atoms with van der Waals surface area (Å²) in [5, 5.41) is 7.65. The molecule has 0 amide bonds. The second kappa shape index (κ2) is 4.71. The topological polar surface area (TPSA) is 24.1 Å². The molecule has 8 atom stereocenters. The second-order valence-corrected chi connectivity index (χ2v) is 9.35. The van der Waals surface area contributed by atoms with Crippen molar-refractivity contribution in [2.75, 3.05) is 13.1 Å². The molecule has 0 aromatic carbocycles. The van der Waals surface area contributed by atoms with Crippen LogP contribution in [-0.4, -0.2) is 34.8 Å². The van der Waals surface area contributed by atoms with Gasteiger partial charge in [0, 0.05) is 21.7 Å². The quantitative estimate of drug-likeness (QED) is 0.634. The van der Waals surface area contributed by atoms with E-state index in [1.807, 2.05) is 0 Å². The van der Waals surface area contributed by atoms with E-state index in [1.54, 1.807) is 0 Å². The van der Waals surface area contributed by atoms with Gasteiger partial charge in [0.1, 0.15) is 0 Å². The molecule has 2 aliphatic heterocycles. The van der Waals surface area contributed by atoms with Gasteiger partial charge in [0.2, 0.25) is 0 Å². The van der Waals surface area contributed by atoms with Crippen LogP contribution < -0.4 is 10.6 Å². The first-order valence-electron chi connectivity index (χ1n) is 7.47. The first kappa shape index (κ1) is 12.6. The van der Waals surface area contributed by atoms with Gasteiger partial charge in [-0.15, -0.1) is 0 Å². The van der Waals surface area contributed by atoms with Crippen molar-refractivity contribution in [2.24, 2.45) is 23.7 Å². The summed E-state index contributed by atoms with van der Waals surface area (Å²) in [4.78, 5) is 1.42. The third-order valence-corrected chi connectivity index (χ3v) is 7.56. The Hall–Kier alpha value is 0.880.